The van der Waals surface area contributed by atoms with Crippen LogP contribution in [0.15, 0.2) is 18.3 Å². The summed E-state index contributed by atoms with van der Waals surface area (Å²) in [7, 11) is 3.32. The van der Waals surface area contributed by atoms with Gasteiger partial charge in [0.25, 0.3) is 5.91 Å². The molecule has 120 valence electrons. The van der Waals surface area contributed by atoms with Crippen LogP contribution in [0.2, 0.25) is 0 Å². The Bertz CT molecular complexity index is 541. The molecule has 1 aromatic rings. The Morgan fingerprint density at radius 2 is 2.05 bits per heavy atom. The van der Waals surface area contributed by atoms with Gasteiger partial charge in [-0.05, 0) is 19.1 Å². The van der Waals surface area contributed by atoms with Crippen LogP contribution in [-0.4, -0.2) is 68.1 Å². The third kappa shape index (κ3) is 3.73. The number of carbonyl (C=O) groups is 2. The van der Waals surface area contributed by atoms with Crippen molar-refractivity contribution in [1.82, 2.24) is 15.2 Å². The molecule has 2 rings (SSSR count). The zero-order valence-electron chi connectivity index (χ0n) is 13.2. The lowest BCUT2D eigenvalue weighted by Gasteiger charge is -2.29. The van der Waals surface area contributed by atoms with E-state index in [9.17, 15) is 9.59 Å². The smallest absolute Gasteiger partial charge is 0.255 e. The number of likely N-dealkylation sites (N-methyl/N-ethyl adjacent to an activating group) is 1. The minimum absolute atomic E-state index is 0.148. The average Bonchev–Trinajstić information content (AvgIpc) is 2.54. The van der Waals surface area contributed by atoms with Crippen molar-refractivity contribution in [3.63, 3.8) is 0 Å². The first kappa shape index (κ1) is 16.2. The van der Waals surface area contributed by atoms with Gasteiger partial charge >= 0.3 is 0 Å². The SMILES string of the molecule is C[C@H](NC(=O)c1cccnc1N1CCOCC1)C(=O)N(C)C. The minimum atomic E-state index is -0.583. The van der Waals surface area contributed by atoms with Gasteiger partial charge in [0.1, 0.15) is 11.9 Å². The third-order valence-corrected chi connectivity index (χ3v) is 3.50. The molecule has 0 spiro atoms. The number of aromatic nitrogens is 1. The number of morpholine rings is 1. The fraction of sp³-hybridized carbons (Fsp3) is 0.533. The molecule has 0 unspecified atom stereocenters. The highest BCUT2D eigenvalue weighted by atomic mass is 16.5. The highest BCUT2D eigenvalue weighted by Crippen LogP contribution is 2.18. The van der Waals surface area contributed by atoms with E-state index in [-0.39, 0.29) is 11.8 Å². The van der Waals surface area contributed by atoms with Crippen LogP contribution in [0.3, 0.4) is 0 Å². The van der Waals surface area contributed by atoms with Gasteiger partial charge in [-0.25, -0.2) is 4.98 Å². The molecule has 1 aliphatic rings. The van der Waals surface area contributed by atoms with Crippen LogP contribution in [0.4, 0.5) is 5.82 Å². The van der Waals surface area contributed by atoms with Gasteiger partial charge in [-0.3, -0.25) is 9.59 Å². The number of nitrogens with one attached hydrogen (secondary N) is 1. The second kappa shape index (κ2) is 7.22. The maximum atomic E-state index is 12.5. The van der Waals surface area contributed by atoms with E-state index in [1.165, 1.54) is 4.90 Å². The van der Waals surface area contributed by atoms with Crippen molar-refractivity contribution in [1.29, 1.82) is 0 Å². The number of hydrogen-bond donors (Lipinski definition) is 1. The predicted octanol–water partition coefficient (Wildman–Crippen LogP) is 0.125. The first-order valence-corrected chi connectivity index (χ1v) is 7.30. The number of nitrogens with zero attached hydrogens (tertiary/aromatic N) is 3. The molecule has 0 saturated carbocycles. The monoisotopic (exact) mass is 306 g/mol. The molecule has 22 heavy (non-hydrogen) atoms. The second-order valence-corrected chi connectivity index (χ2v) is 5.40. The van der Waals surface area contributed by atoms with Gasteiger partial charge in [0.2, 0.25) is 5.91 Å². The van der Waals surface area contributed by atoms with E-state index in [0.717, 1.165) is 0 Å². The number of hydrogen-bond acceptors (Lipinski definition) is 5. The van der Waals surface area contributed by atoms with Crippen molar-refractivity contribution in [2.45, 2.75) is 13.0 Å². The number of carbonyl (C=O) groups excluding carboxylic acids is 2. The van der Waals surface area contributed by atoms with Crippen molar-refractivity contribution in [2.75, 3.05) is 45.3 Å². The molecule has 7 heteroatoms. The van der Waals surface area contributed by atoms with Crippen LogP contribution >= 0.6 is 0 Å². The number of pyridine rings is 1. The molecule has 1 N–H and O–H groups in total. The van der Waals surface area contributed by atoms with Gasteiger partial charge in [-0.1, -0.05) is 0 Å². The maximum Gasteiger partial charge on any atom is 0.255 e. The third-order valence-electron chi connectivity index (χ3n) is 3.50. The molecule has 2 amide bonds. The molecule has 0 bridgehead atoms. The Balaban J connectivity index is 2.14. The molecule has 1 aromatic heterocycles. The van der Waals surface area contributed by atoms with E-state index in [0.29, 0.717) is 37.7 Å². The fourth-order valence-corrected chi connectivity index (χ4v) is 2.32. The van der Waals surface area contributed by atoms with E-state index in [4.69, 9.17) is 4.74 Å². The molecule has 0 aliphatic carbocycles. The lowest BCUT2D eigenvalue weighted by atomic mass is 10.2. The summed E-state index contributed by atoms with van der Waals surface area (Å²) in [5, 5.41) is 2.73. The molecule has 2 heterocycles. The van der Waals surface area contributed by atoms with Gasteiger partial charge < -0.3 is 19.9 Å². The number of amides is 2. The van der Waals surface area contributed by atoms with Crippen molar-refractivity contribution in [3.8, 4) is 0 Å². The van der Waals surface area contributed by atoms with Crippen molar-refractivity contribution < 1.29 is 14.3 Å². The number of anilines is 1. The Labute approximate surface area is 130 Å². The summed E-state index contributed by atoms with van der Waals surface area (Å²) >= 11 is 0. The topological polar surface area (TPSA) is 74.8 Å². The Kier molecular flexibility index (Phi) is 5.32. The largest absolute Gasteiger partial charge is 0.378 e. The molecular weight excluding hydrogens is 284 g/mol. The van der Waals surface area contributed by atoms with Crippen LogP contribution in [-0.2, 0) is 9.53 Å². The van der Waals surface area contributed by atoms with E-state index in [1.807, 2.05) is 4.90 Å². The normalized spacial score (nSPS) is 16.0. The highest BCUT2D eigenvalue weighted by molar-refractivity contribution is 6.01. The van der Waals surface area contributed by atoms with Crippen LogP contribution < -0.4 is 10.2 Å². The van der Waals surface area contributed by atoms with Crippen LogP contribution in [0.25, 0.3) is 0 Å². The summed E-state index contributed by atoms with van der Waals surface area (Å²) in [5.74, 6) is 0.190. The molecule has 1 fully saturated rings. The quantitative estimate of drug-likeness (QED) is 0.855. The summed E-state index contributed by atoms with van der Waals surface area (Å²) in [6, 6.07) is 2.86. The Hall–Kier alpha value is -2.15. The number of ether oxygens (including phenoxy) is 1. The molecule has 0 aromatic carbocycles. The predicted molar refractivity (Wildman–Crippen MR) is 82.9 cm³/mol. The van der Waals surface area contributed by atoms with Gasteiger partial charge in [0, 0.05) is 33.4 Å². The zero-order chi connectivity index (χ0) is 16.1. The molecule has 1 saturated heterocycles. The first-order chi connectivity index (χ1) is 10.5. The Morgan fingerprint density at radius 1 is 1.36 bits per heavy atom. The summed E-state index contributed by atoms with van der Waals surface area (Å²) in [4.78, 5) is 32.1. The Morgan fingerprint density at radius 3 is 2.68 bits per heavy atom. The van der Waals surface area contributed by atoms with Crippen LogP contribution in [0.1, 0.15) is 17.3 Å². The summed E-state index contributed by atoms with van der Waals surface area (Å²) < 4.78 is 5.32. The molecule has 7 nitrogen and oxygen atoms in total. The van der Waals surface area contributed by atoms with Gasteiger partial charge in [-0.2, -0.15) is 0 Å². The molecule has 1 aliphatic heterocycles. The van der Waals surface area contributed by atoms with E-state index >= 15 is 0 Å². The summed E-state index contributed by atoms with van der Waals surface area (Å²) in [6.45, 7) is 4.30. The highest BCUT2D eigenvalue weighted by Gasteiger charge is 2.23. The average molecular weight is 306 g/mol. The molecular formula is C15H22N4O3. The second-order valence-electron chi connectivity index (χ2n) is 5.40. The standard InChI is InChI=1S/C15H22N4O3/c1-11(15(21)18(2)3)17-14(20)12-5-4-6-16-13(12)19-7-9-22-10-8-19/h4-6,11H,7-10H2,1-3H3,(H,17,20)/t11-/m0/s1. The van der Waals surface area contributed by atoms with Gasteiger partial charge in [-0.15, -0.1) is 0 Å². The van der Waals surface area contributed by atoms with Gasteiger partial charge in [0.15, 0.2) is 0 Å². The fourth-order valence-electron chi connectivity index (χ4n) is 2.32. The van der Waals surface area contributed by atoms with Gasteiger partial charge in [0.05, 0.1) is 18.8 Å². The molecule has 1 atom stereocenters. The van der Waals surface area contributed by atoms with Crippen molar-refractivity contribution in [2.24, 2.45) is 0 Å². The zero-order valence-corrected chi connectivity index (χ0v) is 13.2. The van der Waals surface area contributed by atoms with E-state index < -0.39 is 6.04 Å². The first-order valence-electron chi connectivity index (χ1n) is 7.30. The molecule has 0 radical (unpaired) electrons. The van der Waals surface area contributed by atoms with Crippen molar-refractivity contribution in [3.05, 3.63) is 23.9 Å². The lowest BCUT2D eigenvalue weighted by molar-refractivity contribution is -0.130. The summed E-state index contributed by atoms with van der Waals surface area (Å²) in [5.41, 5.74) is 0.475. The van der Waals surface area contributed by atoms with E-state index in [1.54, 1.807) is 39.3 Å². The lowest BCUT2D eigenvalue weighted by Crippen LogP contribution is -2.45. The maximum absolute atomic E-state index is 12.5. The number of rotatable bonds is 4. The van der Waals surface area contributed by atoms with Crippen LogP contribution in [0.5, 0.6) is 0 Å². The van der Waals surface area contributed by atoms with Crippen LogP contribution in [0, 0.1) is 0 Å². The van der Waals surface area contributed by atoms with E-state index in [2.05, 4.69) is 10.3 Å². The minimum Gasteiger partial charge on any atom is -0.378 e. The summed E-state index contributed by atoms with van der Waals surface area (Å²) in [6.07, 6.45) is 1.66. The van der Waals surface area contributed by atoms with Crippen molar-refractivity contribution >= 4 is 17.6 Å².